The van der Waals surface area contributed by atoms with Crippen molar-refractivity contribution in [2.75, 3.05) is 17.2 Å². The number of fused-ring (bicyclic) bond motifs is 2. The molecule has 8 heteroatoms. The first kappa shape index (κ1) is 30.8. The largest absolute Gasteiger partial charge is 0.748 e. The summed E-state index contributed by atoms with van der Waals surface area (Å²) >= 11 is 0. The predicted molar refractivity (Wildman–Crippen MR) is 175 cm³/mol. The van der Waals surface area contributed by atoms with Crippen LogP contribution in [0.4, 0.5) is 5.69 Å². The summed E-state index contributed by atoms with van der Waals surface area (Å²) in [5.74, 6) is 2.22. The molecule has 5 aromatic rings. The highest BCUT2D eigenvalue weighted by Gasteiger charge is 2.26. The zero-order chi connectivity index (χ0) is 31.3. The smallest absolute Gasteiger partial charge is 0.374 e. The normalized spacial score (nSPS) is 13.9. The third-order valence-electron chi connectivity index (χ3n) is 7.36. The van der Waals surface area contributed by atoms with Crippen molar-refractivity contribution in [3.8, 4) is 28.0 Å². The van der Waals surface area contributed by atoms with Crippen LogP contribution >= 0.6 is 0 Å². The molecule has 0 fully saturated rings. The molecule has 0 atom stereocenters. The van der Waals surface area contributed by atoms with Crippen molar-refractivity contribution in [1.29, 1.82) is 0 Å². The minimum atomic E-state index is -3.91. The zero-order valence-electron chi connectivity index (χ0n) is 25.4. The van der Waals surface area contributed by atoms with Crippen molar-refractivity contribution in [1.82, 2.24) is 0 Å². The topological polar surface area (TPSA) is 86.7 Å². The number of rotatable bonds is 7. The van der Waals surface area contributed by atoms with Gasteiger partial charge in [0.05, 0.1) is 21.9 Å². The lowest BCUT2D eigenvalue weighted by molar-refractivity contribution is -0.674. The number of benzene rings is 4. The maximum Gasteiger partial charge on any atom is 0.374 e. The summed E-state index contributed by atoms with van der Waals surface area (Å²) in [5, 5.41) is 0. The van der Waals surface area contributed by atoms with Gasteiger partial charge in [-0.2, -0.15) is 4.57 Å². The van der Waals surface area contributed by atoms with E-state index in [4.69, 9.17) is 9.15 Å². The highest BCUT2D eigenvalue weighted by atomic mass is 32.2. The van der Waals surface area contributed by atoms with E-state index >= 15 is 0 Å². The van der Waals surface area contributed by atoms with Gasteiger partial charge in [0, 0.05) is 24.4 Å². The molecule has 0 spiro atoms. The van der Waals surface area contributed by atoms with Gasteiger partial charge in [0.2, 0.25) is 11.5 Å². The molecular weight excluding hydrogens is 572 g/mol. The second kappa shape index (κ2) is 13.3. The van der Waals surface area contributed by atoms with E-state index < -0.39 is 10.1 Å². The first-order valence-electron chi connectivity index (χ1n) is 14.7. The molecule has 0 amide bonds. The quantitative estimate of drug-likeness (QED) is 0.138. The van der Waals surface area contributed by atoms with Crippen LogP contribution in [0.2, 0.25) is 0 Å². The number of nitrogens with zero attached hydrogens (tertiary/aromatic N) is 2. The van der Waals surface area contributed by atoms with Gasteiger partial charge in [-0.3, -0.25) is 0 Å². The molecule has 0 radical (unpaired) electrons. The van der Waals surface area contributed by atoms with Crippen molar-refractivity contribution in [3.05, 3.63) is 120 Å². The fourth-order valence-corrected chi connectivity index (χ4v) is 5.12. The summed E-state index contributed by atoms with van der Waals surface area (Å²) < 4.78 is 43.2. The van der Waals surface area contributed by atoms with Crippen molar-refractivity contribution >= 4 is 33.0 Å². The third-order valence-corrected chi connectivity index (χ3v) is 8.07. The molecule has 6 rings (SSSR count). The summed E-state index contributed by atoms with van der Waals surface area (Å²) in [6, 6.07) is 33.7. The Balaban J connectivity index is 0.000000584. The fraction of sp³-hybridized carbons (Fsp3) is 0.194. The molecule has 1 aliphatic heterocycles. The van der Waals surface area contributed by atoms with Gasteiger partial charge >= 0.3 is 5.89 Å². The molecule has 1 aromatic heterocycles. The van der Waals surface area contributed by atoms with Crippen LogP contribution in [0.3, 0.4) is 0 Å². The molecule has 4 aromatic carbocycles. The molecule has 7 nitrogen and oxygen atoms in total. The summed E-state index contributed by atoms with van der Waals surface area (Å²) in [6.07, 6.45) is 4.18. The second-order valence-corrected chi connectivity index (χ2v) is 12.0. The standard InChI is InChI=1S/C34H31N2O2.C2H6O3S/c1-4-35-29-22-27(25-12-8-6-9-13-25)16-18-31(29)37-33(35)20-24(3)21-34-36(5-2)30-23-28(17-19-32(30)38-34)26-14-10-7-11-15-26;1-2-6(3,4)5/h6-23H,4-5H2,1-3H3;2H2,1H3,(H,3,4,5)/q+1;/p-1. The Morgan fingerprint density at radius 2 is 1.43 bits per heavy atom. The molecule has 44 heavy (non-hydrogen) atoms. The number of ether oxygens (including phenoxy) is 1. The van der Waals surface area contributed by atoms with Crippen LogP contribution in [-0.2, 0) is 16.7 Å². The molecule has 2 heterocycles. The van der Waals surface area contributed by atoms with Crippen LogP contribution in [0.25, 0.3) is 39.4 Å². The van der Waals surface area contributed by atoms with E-state index in [9.17, 15) is 13.0 Å². The number of oxazole rings is 1. The van der Waals surface area contributed by atoms with Gasteiger partial charge in [-0.05, 0) is 66.8 Å². The number of anilines is 1. The van der Waals surface area contributed by atoms with Crippen molar-refractivity contribution < 1.29 is 26.7 Å². The van der Waals surface area contributed by atoms with Crippen molar-refractivity contribution in [3.63, 3.8) is 0 Å². The average Bonchev–Trinajstić information content (AvgIpc) is 3.56. The molecule has 0 saturated carbocycles. The van der Waals surface area contributed by atoms with Crippen LogP contribution in [0.5, 0.6) is 5.75 Å². The van der Waals surface area contributed by atoms with E-state index in [-0.39, 0.29) is 5.75 Å². The highest BCUT2D eigenvalue weighted by molar-refractivity contribution is 7.85. The third kappa shape index (κ3) is 6.93. The van der Waals surface area contributed by atoms with Crippen LogP contribution in [0, 0.1) is 0 Å². The summed E-state index contributed by atoms with van der Waals surface area (Å²) in [5.41, 5.74) is 8.88. The molecule has 0 unspecified atom stereocenters. The lowest BCUT2D eigenvalue weighted by Gasteiger charge is -2.16. The average molecular weight is 609 g/mol. The van der Waals surface area contributed by atoms with Crippen LogP contribution in [0.1, 0.15) is 33.6 Å². The fourth-order valence-electron chi connectivity index (χ4n) is 5.12. The molecule has 0 N–H and O–H groups in total. The molecule has 226 valence electrons. The molecule has 1 aliphatic rings. The Bertz CT molecular complexity index is 1930. The molecule has 0 saturated heterocycles. The highest BCUT2D eigenvalue weighted by Crippen LogP contribution is 2.41. The summed E-state index contributed by atoms with van der Waals surface area (Å²) in [7, 11) is -3.91. The van der Waals surface area contributed by atoms with E-state index in [2.05, 4.69) is 127 Å². The SMILES string of the molecule is CCN1/C(=C/C(C)=C/c2oc3ccc(-c4ccccc4)cc3[n+]2CC)Oc2ccc(-c3ccccc3)cc21.CCS(=O)(=O)[O-]. The van der Waals surface area contributed by atoms with E-state index in [1.807, 2.05) is 12.1 Å². The van der Waals surface area contributed by atoms with E-state index in [0.29, 0.717) is 0 Å². The maximum absolute atomic E-state index is 9.44. The van der Waals surface area contributed by atoms with E-state index in [0.717, 1.165) is 53.0 Å². The lowest BCUT2D eigenvalue weighted by atomic mass is 10.0. The minimum Gasteiger partial charge on any atom is -0.748 e. The summed E-state index contributed by atoms with van der Waals surface area (Å²) in [6.45, 7) is 9.32. The Morgan fingerprint density at radius 1 is 0.841 bits per heavy atom. The molecular formula is C36H36N2O5S. The zero-order valence-corrected chi connectivity index (χ0v) is 26.2. The van der Waals surface area contributed by atoms with Gasteiger partial charge in [-0.15, -0.1) is 0 Å². The summed E-state index contributed by atoms with van der Waals surface area (Å²) in [4.78, 5) is 2.22. The lowest BCUT2D eigenvalue weighted by Crippen LogP contribution is -2.33. The first-order chi connectivity index (χ1) is 21.2. The Kier molecular flexibility index (Phi) is 9.32. The molecule has 0 bridgehead atoms. The van der Waals surface area contributed by atoms with Gasteiger partial charge in [0.25, 0.3) is 5.52 Å². The van der Waals surface area contributed by atoms with Gasteiger partial charge in [-0.25, -0.2) is 8.42 Å². The first-order valence-corrected chi connectivity index (χ1v) is 16.3. The Hall–Kier alpha value is -4.66. The van der Waals surface area contributed by atoms with Crippen molar-refractivity contribution in [2.24, 2.45) is 0 Å². The number of hydrogen-bond acceptors (Lipinski definition) is 6. The van der Waals surface area contributed by atoms with Gasteiger partial charge in [0.15, 0.2) is 5.75 Å². The predicted octanol–water partition coefficient (Wildman–Crippen LogP) is 7.79. The van der Waals surface area contributed by atoms with Gasteiger partial charge in [0.1, 0.15) is 6.54 Å². The molecule has 0 aliphatic carbocycles. The van der Waals surface area contributed by atoms with Crippen LogP contribution in [0.15, 0.2) is 119 Å². The Labute approximate surface area is 259 Å². The van der Waals surface area contributed by atoms with E-state index in [1.165, 1.54) is 29.2 Å². The second-order valence-electron chi connectivity index (χ2n) is 10.3. The van der Waals surface area contributed by atoms with Crippen LogP contribution in [-0.4, -0.2) is 25.3 Å². The van der Waals surface area contributed by atoms with Crippen molar-refractivity contribution in [2.45, 2.75) is 34.2 Å². The number of hydrogen-bond donors (Lipinski definition) is 0. The van der Waals surface area contributed by atoms with Gasteiger partial charge in [-0.1, -0.05) is 79.7 Å². The van der Waals surface area contributed by atoms with Gasteiger partial charge < -0.3 is 18.6 Å². The van der Waals surface area contributed by atoms with Crippen LogP contribution < -0.4 is 14.2 Å². The number of allylic oxidation sites excluding steroid dienone is 2. The minimum absolute atomic E-state index is 0.312. The van der Waals surface area contributed by atoms with E-state index in [1.54, 1.807) is 0 Å². The Morgan fingerprint density at radius 3 is 2.00 bits per heavy atom. The number of aryl methyl sites for hydroxylation is 1. The monoisotopic (exact) mass is 608 g/mol. The maximum atomic E-state index is 9.44. The number of aromatic nitrogens is 1.